The molecule has 2 aliphatic rings. The first-order valence-electron chi connectivity index (χ1n) is 9.88. The maximum Gasteiger partial charge on any atom is 0.164 e. The molecule has 1 aromatic carbocycles. The lowest BCUT2D eigenvalue weighted by atomic mass is 9.99. The highest BCUT2D eigenvalue weighted by atomic mass is 35.5. The van der Waals surface area contributed by atoms with Gasteiger partial charge in [0.1, 0.15) is 42.1 Å². The van der Waals surface area contributed by atoms with Crippen LogP contribution >= 0.6 is 11.6 Å². The van der Waals surface area contributed by atoms with Crippen LogP contribution in [0.4, 0.5) is 0 Å². The maximum atomic E-state index is 10.9. The van der Waals surface area contributed by atoms with Gasteiger partial charge in [0.25, 0.3) is 0 Å². The van der Waals surface area contributed by atoms with Crippen LogP contribution in [0.25, 0.3) is 11.0 Å². The van der Waals surface area contributed by atoms with Gasteiger partial charge in [0.2, 0.25) is 0 Å². The predicted octanol–water partition coefficient (Wildman–Crippen LogP) is 2.29. The van der Waals surface area contributed by atoms with E-state index in [9.17, 15) is 15.3 Å². The fraction of sp³-hybridized carbons (Fsp3) is 0.429. The molecule has 0 amide bonds. The predicted molar refractivity (Wildman–Crippen MR) is 108 cm³/mol. The van der Waals surface area contributed by atoms with Gasteiger partial charge in [-0.1, -0.05) is 17.7 Å². The van der Waals surface area contributed by atoms with Crippen molar-refractivity contribution in [3.8, 4) is 5.75 Å². The van der Waals surface area contributed by atoms with Crippen LogP contribution in [0.1, 0.15) is 36.4 Å². The lowest BCUT2D eigenvalue weighted by molar-refractivity contribution is -0.0848. The zero-order chi connectivity index (χ0) is 21.0. The van der Waals surface area contributed by atoms with Gasteiger partial charge in [-0.15, -0.1) is 0 Å². The highest BCUT2D eigenvalue weighted by Crippen LogP contribution is 2.40. The SMILES string of the molecule is Cc1ncnc2c1ccn2[C@@H]1O[C@H]([C@H](O)c2ccc(Cl)c(OC3CC3)c2)[C@@H](O)[C@H]1O. The number of aliphatic hydroxyl groups is 3. The molecule has 2 fully saturated rings. The van der Waals surface area contributed by atoms with E-state index in [0.29, 0.717) is 22.0 Å². The molecule has 0 unspecified atom stereocenters. The smallest absolute Gasteiger partial charge is 0.164 e. The van der Waals surface area contributed by atoms with Gasteiger partial charge >= 0.3 is 0 Å². The topological polar surface area (TPSA) is 110 Å². The van der Waals surface area contributed by atoms with Crippen molar-refractivity contribution in [2.75, 3.05) is 0 Å². The molecule has 1 aliphatic heterocycles. The normalized spacial score (nSPS) is 27.5. The van der Waals surface area contributed by atoms with Crippen molar-refractivity contribution in [2.45, 2.75) is 56.5 Å². The van der Waals surface area contributed by atoms with Crippen molar-refractivity contribution in [1.29, 1.82) is 0 Å². The summed E-state index contributed by atoms with van der Waals surface area (Å²) in [6, 6.07) is 6.79. The molecule has 0 spiro atoms. The summed E-state index contributed by atoms with van der Waals surface area (Å²) >= 11 is 6.20. The monoisotopic (exact) mass is 431 g/mol. The fourth-order valence-corrected chi connectivity index (χ4v) is 3.99. The largest absolute Gasteiger partial charge is 0.489 e. The lowest BCUT2D eigenvalue weighted by Gasteiger charge is -2.22. The minimum absolute atomic E-state index is 0.155. The van der Waals surface area contributed by atoms with E-state index in [-0.39, 0.29) is 6.10 Å². The number of ether oxygens (including phenoxy) is 2. The molecule has 0 bridgehead atoms. The summed E-state index contributed by atoms with van der Waals surface area (Å²) in [5, 5.41) is 33.5. The van der Waals surface area contributed by atoms with E-state index in [1.54, 1.807) is 29.0 Å². The second-order valence-corrected chi connectivity index (χ2v) is 8.25. The number of nitrogens with zero attached hydrogens (tertiary/aromatic N) is 3. The van der Waals surface area contributed by atoms with Crippen LogP contribution in [0, 0.1) is 6.92 Å². The maximum absolute atomic E-state index is 10.9. The van der Waals surface area contributed by atoms with Gasteiger partial charge in [0.15, 0.2) is 6.23 Å². The molecule has 1 saturated heterocycles. The average molecular weight is 432 g/mol. The number of hydrogen-bond donors (Lipinski definition) is 3. The van der Waals surface area contributed by atoms with Gasteiger partial charge in [-0.25, -0.2) is 9.97 Å². The molecular weight excluding hydrogens is 410 g/mol. The summed E-state index contributed by atoms with van der Waals surface area (Å²) in [7, 11) is 0. The summed E-state index contributed by atoms with van der Waals surface area (Å²) in [5.41, 5.74) is 1.87. The third-order valence-electron chi connectivity index (χ3n) is 5.68. The first-order chi connectivity index (χ1) is 14.4. The number of aliphatic hydroxyl groups excluding tert-OH is 3. The summed E-state index contributed by atoms with van der Waals surface area (Å²) in [6.07, 6.45) is -0.387. The van der Waals surface area contributed by atoms with Crippen molar-refractivity contribution >= 4 is 22.6 Å². The van der Waals surface area contributed by atoms with Gasteiger partial charge in [-0.3, -0.25) is 0 Å². The molecule has 5 rings (SSSR count). The zero-order valence-electron chi connectivity index (χ0n) is 16.2. The van der Waals surface area contributed by atoms with Crippen LogP contribution in [0.15, 0.2) is 36.8 Å². The van der Waals surface area contributed by atoms with Crippen molar-refractivity contribution in [3.63, 3.8) is 0 Å². The Kier molecular flexibility index (Phi) is 4.91. The Bertz CT molecular complexity index is 1090. The van der Waals surface area contributed by atoms with Crippen LogP contribution in [-0.2, 0) is 4.74 Å². The number of aryl methyl sites for hydroxylation is 1. The number of rotatable bonds is 5. The Balaban J connectivity index is 1.42. The van der Waals surface area contributed by atoms with Crippen molar-refractivity contribution in [3.05, 3.63) is 53.1 Å². The van der Waals surface area contributed by atoms with Gasteiger partial charge in [-0.05, 0) is 43.5 Å². The molecule has 1 saturated carbocycles. The second-order valence-electron chi connectivity index (χ2n) is 7.84. The number of aromatic nitrogens is 3. The molecule has 5 atom stereocenters. The summed E-state index contributed by atoms with van der Waals surface area (Å²) < 4.78 is 13.4. The highest BCUT2D eigenvalue weighted by molar-refractivity contribution is 6.32. The minimum atomic E-state index is -1.30. The van der Waals surface area contributed by atoms with E-state index in [1.165, 1.54) is 6.33 Å². The Morgan fingerprint density at radius 2 is 2.00 bits per heavy atom. The Labute approximate surface area is 177 Å². The summed E-state index contributed by atoms with van der Waals surface area (Å²) in [5.74, 6) is 0.490. The molecule has 0 radical (unpaired) electrons. The van der Waals surface area contributed by atoms with Crippen LogP contribution in [0.3, 0.4) is 0 Å². The van der Waals surface area contributed by atoms with E-state index >= 15 is 0 Å². The van der Waals surface area contributed by atoms with E-state index in [4.69, 9.17) is 21.1 Å². The van der Waals surface area contributed by atoms with Crippen molar-refractivity contribution < 1.29 is 24.8 Å². The molecule has 3 N–H and O–H groups in total. The first-order valence-corrected chi connectivity index (χ1v) is 10.3. The first kappa shape index (κ1) is 19.7. The Morgan fingerprint density at radius 1 is 1.20 bits per heavy atom. The van der Waals surface area contributed by atoms with Gasteiger partial charge in [0.05, 0.1) is 16.8 Å². The Hall–Kier alpha value is -2.23. The van der Waals surface area contributed by atoms with E-state index in [2.05, 4.69) is 9.97 Å². The quantitative estimate of drug-likeness (QED) is 0.568. The van der Waals surface area contributed by atoms with E-state index < -0.39 is 30.6 Å². The minimum Gasteiger partial charge on any atom is -0.489 e. The second kappa shape index (κ2) is 7.47. The molecule has 9 heteroatoms. The molecule has 1 aliphatic carbocycles. The van der Waals surface area contributed by atoms with Crippen LogP contribution < -0.4 is 4.74 Å². The third-order valence-corrected chi connectivity index (χ3v) is 6.00. The third kappa shape index (κ3) is 3.34. The van der Waals surface area contributed by atoms with E-state index in [0.717, 1.165) is 23.9 Å². The van der Waals surface area contributed by atoms with Crippen molar-refractivity contribution in [1.82, 2.24) is 14.5 Å². The molecule has 3 heterocycles. The number of benzene rings is 1. The molecule has 158 valence electrons. The fourth-order valence-electron chi connectivity index (χ4n) is 3.83. The van der Waals surface area contributed by atoms with Gasteiger partial charge in [0, 0.05) is 11.6 Å². The van der Waals surface area contributed by atoms with Crippen LogP contribution in [0.2, 0.25) is 5.02 Å². The van der Waals surface area contributed by atoms with Gasteiger partial charge < -0.3 is 29.4 Å². The van der Waals surface area contributed by atoms with E-state index in [1.807, 2.05) is 13.0 Å². The molecule has 8 nitrogen and oxygen atoms in total. The molecule has 30 heavy (non-hydrogen) atoms. The Morgan fingerprint density at radius 3 is 2.77 bits per heavy atom. The number of halogens is 1. The lowest BCUT2D eigenvalue weighted by Crippen LogP contribution is -2.34. The van der Waals surface area contributed by atoms with Crippen LogP contribution in [-0.4, -0.2) is 54.3 Å². The molecular formula is C21H22ClN3O5. The summed E-state index contributed by atoms with van der Waals surface area (Å²) in [4.78, 5) is 8.44. The number of hydrogen-bond acceptors (Lipinski definition) is 7. The van der Waals surface area contributed by atoms with Crippen molar-refractivity contribution in [2.24, 2.45) is 0 Å². The van der Waals surface area contributed by atoms with Crippen LogP contribution in [0.5, 0.6) is 5.75 Å². The molecule has 2 aromatic heterocycles. The average Bonchev–Trinajstić information content (AvgIpc) is 3.37. The highest BCUT2D eigenvalue weighted by Gasteiger charge is 2.47. The summed E-state index contributed by atoms with van der Waals surface area (Å²) in [6.45, 7) is 1.86. The molecule has 3 aromatic rings. The zero-order valence-corrected chi connectivity index (χ0v) is 17.0. The number of fused-ring (bicyclic) bond motifs is 1. The van der Waals surface area contributed by atoms with Gasteiger partial charge in [-0.2, -0.15) is 0 Å². The standard InChI is InChI=1S/C21H22ClN3O5/c1-10-13-6-7-25(20(13)24-9-23-10)21-18(28)17(27)19(30-21)16(26)11-2-5-14(22)15(8-11)29-12-3-4-12/h2,5-9,12,16-19,21,26-28H,3-4H2,1H3/t16-,17+,18-,19-,21-/m1/s1.